The van der Waals surface area contributed by atoms with E-state index in [2.05, 4.69) is 11.4 Å². The SMILES string of the molecule is CCNC(=O)Oc1[c]cccc1. The zero-order chi connectivity index (χ0) is 8.81. The summed E-state index contributed by atoms with van der Waals surface area (Å²) in [6, 6.07) is 9.73. The molecule has 0 aliphatic heterocycles. The molecule has 63 valence electrons. The fourth-order valence-electron chi connectivity index (χ4n) is 0.721. The lowest BCUT2D eigenvalue weighted by molar-refractivity contribution is 0.201. The van der Waals surface area contributed by atoms with Crippen LogP contribution in [0.2, 0.25) is 0 Å². The summed E-state index contributed by atoms with van der Waals surface area (Å²) >= 11 is 0. The molecule has 3 heteroatoms. The number of benzene rings is 1. The molecule has 12 heavy (non-hydrogen) atoms. The Morgan fingerprint density at radius 3 is 3.08 bits per heavy atom. The second kappa shape index (κ2) is 4.38. The topological polar surface area (TPSA) is 38.3 Å². The highest BCUT2D eigenvalue weighted by molar-refractivity contribution is 5.70. The standard InChI is InChI=1S/C9H10NO2/c1-2-10-9(11)12-8-6-4-3-5-7-8/h3-6H,2H2,1H3,(H,10,11). The molecule has 0 heterocycles. The maximum absolute atomic E-state index is 10.9. The van der Waals surface area contributed by atoms with Gasteiger partial charge in [0, 0.05) is 12.6 Å². The first-order valence-electron chi connectivity index (χ1n) is 3.75. The zero-order valence-electron chi connectivity index (χ0n) is 6.83. The molecule has 0 saturated heterocycles. The third kappa shape index (κ3) is 2.62. The lowest BCUT2D eigenvalue weighted by Gasteiger charge is -2.02. The van der Waals surface area contributed by atoms with Crippen molar-refractivity contribution in [2.75, 3.05) is 6.54 Å². The van der Waals surface area contributed by atoms with E-state index >= 15 is 0 Å². The summed E-state index contributed by atoms with van der Waals surface area (Å²) in [5.41, 5.74) is 0. The van der Waals surface area contributed by atoms with Gasteiger partial charge in [0.15, 0.2) is 0 Å². The predicted octanol–water partition coefficient (Wildman–Crippen LogP) is 1.60. The molecule has 1 aromatic rings. The third-order valence-electron chi connectivity index (χ3n) is 1.20. The number of nitrogens with one attached hydrogen (secondary N) is 1. The Labute approximate surface area is 71.4 Å². The van der Waals surface area contributed by atoms with Gasteiger partial charge in [-0.1, -0.05) is 18.2 Å². The molecule has 1 aromatic carbocycles. The van der Waals surface area contributed by atoms with Gasteiger partial charge >= 0.3 is 6.09 Å². The van der Waals surface area contributed by atoms with Crippen molar-refractivity contribution >= 4 is 6.09 Å². The van der Waals surface area contributed by atoms with E-state index in [0.717, 1.165) is 0 Å². The maximum atomic E-state index is 10.9. The maximum Gasteiger partial charge on any atom is 0.412 e. The van der Waals surface area contributed by atoms with Gasteiger partial charge < -0.3 is 10.1 Å². The molecule has 0 bridgehead atoms. The number of hydrogen-bond acceptors (Lipinski definition) is 2. The molecule has 0 atom stereocenters. The van der Waals surface area contributed by atoms with Crippen molar-refractivity contribution in [2.24, 2.45) is 0 Å². The van der Waals surface area contributed by atoms with Crippen molar-refractivity contribution in [3.05, 3.63) is 30.3 Å². The van der Waals surface area contributed by atoms with E-state index in [1.165, 1.54) is 0 Å². The molecule has 1 rings (SSSR count). The number of carbonyl (C=O) groups excluding carboxylic acids is 1. The molecule has 0 unspecified atom stereocenters. The van der Waals surface area contributed by atoms with E-state index in [1.807, 2.05) is 13.0 Å². The largest absolute Gasteiger partial charge is 0.412 e. The van der Waals surface area contributed by atoms with E-state index in [-0.39, 0.29) is 0 Å². The molecule has 0 spiro atoms. The van der Waals surface area contributed by atoms with Crippen LogP contribution in [-0.4, -0.2) is 12.6 Å². The van der Waals surface area contributed by atoms with Crippen LogP contribution in [0.5, 0.6) is 5.75 Å². The highest BCUT2D eigenvalue weighted by Crippen LogP contribution is 2.06. The fraction of sp³-hybridized carbons (Fsp3) is 0.222. The molecule has 0 saturated carbocycles. The van der Waals surface area contributed by atoms with Crippen LogP contribution in [0.4, 0.5) is 4.79 Å². The Kier molecular flexibility index (Phi) is 3.14. The van der Waals surface area contributed by atoms with Gasteiger partial charge in [-0.05, 0) is 13.0 Å². The molecule has 3 nitrogen and oxygen atoms in total. The zero-order valence-corrected chi connectivity index (χ0v) is 6.83. The highest BCUT2D eigenvalue weighted by atomic mass is 16.5. The van der Waals surface area contributed by atoms with E-state index in [0.29, 0.717) is 12.3 Å². The average molecular weight is 164 g/mol. The van der Waals surface area contributed by atoms with Crippen LogP contribution < -0.4 is 10.1 Å². The molecule has 0 aromatic heterocycles. The van der Waals surface area contributed by atoms with Crippen LogP contribution in [0.3, 0.4) is 0 Å². The van der Waals surface area contributed by atoms with Crippen molar-refractivity contribution in [3.63, 3.8) is 0 Å². The van der Waals surface area contributed by atoms with Crippen molar-refractivity contribution < 1.29 is 9.53 Å². The molecule has 1 N–H and O–H groups in total. The Morgan fingerprint density at radius 1 is 1.67 bits per heavy atom. The Hall–Kier alpha value is -1.51. The summed E-state index contributed by atoms with van der Waals surface area (Å²) in [4.78, 5) is 10.9. The summed E-state index contributed by atoms with van der Waals surface area (Å²) in [5, 5.41) is 2.51. The quantitative estimate of drug-likeness (QED) is 0.720. The fourth-order valence-corrected chi connectivity index (χ4v) is 0.721. The van der Waals surface area contributed by atoms with Crippen molar-refractivity contribution in [1.29, 1.82) is 0 Å². The van der Waals surface area contributed by atoms with Crippen LogP contribution in [0.25, 0.3) is 0 Å². The molecule has 0 fully saturated rings. The van der Waals surface area contributed by atoms with Crippen molar-refractivity contribution in [1.82, 2.24) is 5.32 Å². The number of ether oxygens (including phenoxy) is 1. The predicted molar refractivity (Wildman–Crippen MR) is 45.0 cm³/mol. The Morgan fingerprint density at radius 2 is 2.50 bits per heavy atom. The summed E-state index contributed by atoms with van der Waals surface area (Å²) < 4.78 is 4.85. The van der Waals surface area contributed by atoms with E-state index in [9.17, 15) is 4.79 Å². The van der Waals surface area contributed by atoms with Crippen LogP contribution in [-0.2, 0) is 0 Å². The second-order valence-electron chi connectivity index (χ2n) is 2.15. The minimum Gasteiger partial charge on any atom is -0.410 e. The summed E-state index contributed by atoms with van der Waals surface area (Å²) in [6.45, 7) is 2.39. The number of para-hydroxylation sites is 1. The molecule has 0 aliphatic rings. The van der Waals surface area contributed by atoms with Gasteiger partial charge in [-0.2, -0.15) is 0 Å². The van der Waals surface area contributed by atoms with E-state index < -0.39 is 6.09 Å². The normalized spacial score (nSPS) is 9.08. The number of amides is 1. The molecule has 1 amide bonds. The third-order valence-corrected chi connectivity index (χ3v) is 1.20. The van der Waals surface area contributed by atoms with Crippen LogP contribution in [0, 0.1) is 6.07 Å². The smallest absolute Gasteiger partial charge is 0.410 e. The highest BCUT2D eigenvalue weighted by Gasteiger charge is 1.99. The minimum atomic E-state index is -0.444. The van der Waals surface area contributed by atoms with Crippen LogP contribution >= 0.6 is 0 Å². The van der Waals surface area contributed by atoms with Gasteiger partial charge in [-0.25, -0.2) is 4.79 Å². The number of carbonyl (C=O) groups is 1. The summed E-state index contributed by atoms with van der Waals surface area (Å²) in [7, 11) is 0. The van der Waals surface area contributed by atoms with Gasteiger partial charge in [0.2, 0.25) is 0 Å². The lowest BCUT2D eigenvalue weighted by Crippen LogP contribution is -2.26. The van der Waals surface area contributed by atoms with Crippen LogP contribution in [0.1, 0.15) is 6.92 Å². The van der Waals surface area contributed by atoms with E-state index in [1.54, 1.807) is 18.2 Å². The number of hydrogen-bond donors (Lipinski definition) is 1. The Balaban J connectivity index is 2.47. The van der Waals surface area contributed by atoms with Crippen molar-refractivity contribution in [3.8, 4) is 5.75 Å². The Bertz CT molecular complexity index is 246. The molecule has 0 aliphatic carbocycles. The van der Waals surface area contributed by atoms with Crippen molar-refractivity contribution in [2.45, 2.75) is 6.92 Å². The lowest BCUT2D eigenvalue weighted by atomic mass is 10.3. The number of rotatable bonds is 2. The first kappa shape index (κ1) is 8.59. The molecular formula is C9H10NO2. The van der Waals surface area contributed by atoms with Gasteiger partial charge in [0.25, 0.3) is 0 Å². The van der Waals surface area contributed by atoms with Gasteiger partial charge in [-0.15, -0.1) is 0 Å². The van der Waals surface area contributed by atoms with Gasteiger partial charge in [0.05, 0.1) is 0 Å². The monoisotopic (exact) mass is 164 g/mol. The molecule has 1 radical (unpaired) electrons. The van der Waals surface area contributed by atoms with Gasteiger partial charge in [0.1, 0.15) is 5.75 Å². The first-order valence-corrected chi connectivity index (χ1v) is 3.75. The summed E-state index contributed by atoms with van der Waals surface area (Å²) in [5.74, 6) is 0.434. The average Bonchev–Trinajstić information content (AvgIpc) is 2.06. The molecular weight excluding hydrogens is 154 g/mol. The van der Waals surface area contributed by atoms with E-state index in [4.69, 9.17) is 4.74 Å². The van der Waals surface area contributed by atoms with Gasteiger partial charge in [-0.3, -0.25) is 0 Å². The summed E-state index contributed by atoms with van der Waals surface area (Å²) in [6.07, 6.45) is -0.444. The first-order chi connectivity index (χ1) is 5.83. The van der Waals surface area contributed by atoms with Crippen LogP contribution in [0.15, 0.2) is 24.3 Å². The minimum absolute atomic E-state index is 0.434. The second-order valence-corrected chi connectivity index (χ2v) is 2.15.